The van der Waals surface area contributed by atoms with Crippen LogP contribution in [0.25, 0.3) is 43.9 Å². The summed E-state index contributed by atoms with van der Waals surface area (Å²) in [6, 6.07) is 23.5. The molecule has 0 radical (unpaired) electrons. The van der Waals surface area contributed by atoms with Crippen molar-refractivity contribution in [2.45, 2.75) is 138 Å². The SMILES string of the molecule is Cc1cc(NC(=O)[C@@H](CC(C)(C)C)NC(=O)OC(C)(C)C)ccc1-c1ccnc2[nH]c(-c3ccc(CN4CCN(CC(=O)N[C@H](C(=O)N5C[C@H](O)C[C@H]5C(=O)N[C@@H](C)c5ccc(-c6scnc6C)cc5)C(C)(C)C)CC4)cc3)cc12. The Morgan fingerprint density at radius 2 is 1.48 bits per heavy atom. The zero-order valence-corrected chi connectivity index (χ0v) is 49.3. The number of nitrogens with zero attached hydrogens (tertiary/aromatic N) is 5. The lowest BCUT2D eigenvalue weighted by atomic mass is 9.85. The monoisotopic (exact) mass is 1110 g/mol. The second-order valence-electron chi connectivity index (χ2n) is 24.9. The number of benzene rings is 3. The number of likely N-dealkylation sites (tertiary alicyclic amines) is 1. The highest BCUT2D eigenvalue weighted by Gasteiger charge is 2.45. The fourth-order valence-corrected chi connectivity index (χ4v) is 11.4. The molecule has 0 aliphatic carbocycles. The minimum Gasteiger partial charge on any atom is -0.444 e. The highest BCUT2D eigenvalue weighted by Crippen LogP contribution is 2.35. The molecule has 0 saturated carbocycles. The third kappa shape index (κ3) is 15.1. The van der Waals surface area contributed by atoms with Crippen LogP contribution in [0.4, 0.5) is 10.5 Å². The van der Waals surface area contributed by atoms with Crippen LogP contribution in [0.3, 0.4) is 0 Å². The molecule has 2 aliphatic rings. The van der Waals surface area contributed by atoms with Gasteiger partial charge in [0.25, 0.3) is 0 Å². The molecule has 17 nitrogen and oxygen atoms in total. The molecule has 3 aromatic heterocycles. The average Bonchev–Trinajstić information content (AvgIpc) is 4.15. The first-order valence-corrected chi connectivity index (χ1v) is 28.6. The number of aliphatic hydroxyl groups is 1. The maximum atomic E-state index is 14.3. The molecule has 18 heteroatoms. The van der Waals surface area contributed by atoms with Crippen molar-refractivity contribution in [1.29, 1.82) is 0 Å². The van der Waals surface area contributed by atoms with Crippen LogP contribution in [0.5, 0.6) is 0 Å². The van der Waals surface area contributed by atoms with Gasteiger partial charge in [0.05, 0.1) is 34.8 Å². The normalized spacial score (nSPS) is 17.6. The number of carbonyl (C=O) groups is 5. The summed E-state index contributed by atoms with van der Waals surface area (Å²) in [5, 5.41) is 23.6. The summed E-state index contributed by atoms with van der Waals surface area (Å²) in [4.78, 5) is 87.7. The Bertz CT molecular complexity index is 3180. The summed E-state index contributed by atoms with van der Waals surface area (Å²) in [5.41, 5.74) is 10.6. The number of aromatic nitrogens is 3. The number of alkyl carbamates (subject to hydrolysis) is 1. The van der Waals surface area contributed by atoms with Crippen LogP contribution in [0.2, 0.25) is 0 Å². The van der Waals surface area contributed by atoms with Gasteiger partial charge in [0.15, 0.2) is 0 Å². The van der Waals surface area contributed by atoms with Crippen molar-refractivity contribution in [2.24, 2.45) is 10.8 Å². The van der Waals surface area contributed by atoms with E-state index in [1.54, 1.807) is 38.3 Å². The molecule has 0 spiro atoms. The molecule has 2 saturated heterocycles. The highest BCUT2D eigenvalue weighted by atomic mass is 32.1. The van der Waals surface area contributed by atoms with Crippen LogP contribution in [-0.4, -0.2) is 134 Å². The van der Waals surface area contributed by atoms with Gasteiger partial charge in [0.2, 0.25) is 23.6 Å². The Balaban J connectivity index is 0.828. The number of aliphatic hydroxyl groups excluding tert-OH is 1. The highest BCUT2D eigenvalue weighted by molar-refractivity contribution is 7.13. The Morgan fingerprint density at radius 3 is 2.10 bits per heavy atom. The minimum absolute atomic E-state index is 0.00400. The summed E-state index contributed by atoms with van der Waals surface area (Å²) in [5.74, 6) is -1.32. The predicted octanol–water partition coefficient (Wildman–Crippen LogP) is 9.39. The molecule has 426 valence electrons. The molecular formula is C62H80N10O7S. The lowest BCUT2D eigenvalue weighted by Crippen LogP contribution is -2.59. The number of β-amino-alcohol motifs (C(OH)–C–C–N with tert-alkyl or cyclic N) is 1. The van der Waals surface area contributed by atoms with Crippen molar-refractivity contribution in [2.75, 3.05) is 44.6 Å². The number of hydrogen-bond donors (Lipinski definition) is 6. The Kier molecular flexibility index (Phi) is 18.0. The van der Waals surface area contributed by atoms with E-state index in [9.17, 15) is 29.1 Å². The number of anilines is 1. The standard InChI is InChI=1S/C62H80N10O7S/c1-37-29-44(66-56(75)50(32-60(4,5)6)68-59(78)79-62(10,11)12)21-22-46(37)47-23-24-63-55-48(47)31-49(67-55)42-15-13-40(14-16-42)33-70-25-27-71(28-26-70)35-52(74)69-54(61(7,8)9)58(77)72-34-45(73)30-51(72)57(76)65-38(2)41-17-19-43(20-18-41)53-39(3)64-36-80-53/h13-24,29,31,36,38,45,50-51,54,73H,25-28,30,32-35H2,1-12H3,(H,63,67)(H,65,76)(H,66,75)(H,68,78)(H,69,74)/t38-,45+,50+,51-,54+/m0/s1. The number of carbonyl (C=O) groups excluding carboxylic acids is 5. The van der Waals surface area contributed by atoms with Crippen LogP contribution < -0.4 is 21.3 Å². The summed E-state index contributed by atoms with van der Waals surface area (Å²) >= 11 is 1.58. The number of amides is 5. The van der Waals surface area contributed by atoms with Gasteiger partial charge in [-0.05, 0) is 122 Å². The van der Waals surface area contributed by atoms with Crippen LogP contribution in [0.15, 0.2) is 90.6 Å². The fourth-order valence-electron chi connectivity index (χ4n) is 10.5. The largest absolute Gasteiger partial charge is 0.444 e. The van der Waals surface area contributed by atoms with E-state index in [0.29, 0.717) is 25.2 Å². The number of hydrogen-bond acceptors (Lipinski definition) is 12. The third-order valence-corrected chi connectivity index (χ3v) is 15.7. The Hall–Kier alpha value is -6.99. The van der Waals surface area contributed by atoms with E-state index in [-0.39, 0.29) is 54.6 Å². The van der Waals surface area contributed by atoms with E-state index in [1.807, 2.05) is 116 Å². The zero-order chi connectivity index (χ0) is 57.8. The van der Waals surface area contributed by atoms with Gasteiger partial charge in [0.1, 0.15) is 29.4 Å². The summed E-state index contributed by atoms with van der Waals surface area (Å²) in [6.45, 7) is 26.8. The second kappa shape index (κ2) is 24.4. The van der Waals surface area contributed by atoms with Crippen molar-refractivity contribution >= 4 is 57.8 Å². The van der Waals surface area contributed by atoms with E-state index in [4.69, 9.17) is 4.74 Å². The van der Waals surface area contributed by atoms with Gasteiger partial charge in [-0.25, -0.2) is 14.8 Å². The molecule has 6 aromatic rings. The van der Waals surface area contributed by atoms with Gasteiger partial charge in [-0.2, -0.15) is 0 Å². The van der Waals surface area contributed by atoms with Crippen LogP contribution >= 0.6 is 11.3 Å². The number of rotatable bonds is 16. The molecule has 0 bridgehead atoms. The molecular weight excluding hydrogens is 1030 g/mol. The number of fused-ring (bicyclic) bond motifs is 1. The van der Waals surface area contributed by atoms with E-state index in [1.165, 1.54) is 10.5 Å². The first-order chi connectivity index (χ1) is 37.7. The smallest absolute Gasteiger partial charge is 0.408 e. The van der Waals surface area contributed by atoms with E-state index in [2.05, 4.69) is 76.4 Å². The summed E-state index contributed by atoms with van der Waals surface area (Å²) in [6.07, 6.45) is 0.817. The molecule has 80 heavy (non-hydrogen) atoms. The van der Waals surface area contributed by atoms with Crippen molar-refractivity contribution in [3.05, 3.63) is 113 Å². The van der Waals surface area contributed by atoms with Gasteiger partial charge in [0, 0.05) is 68.7 Å². The van der Waals surface area contributed by atoms with E-state index >= 15 is 0 Å². The lowest BCUT2D eigenvalue weighted by molar-refractivity contribution is -0.144. The van der Waals surface area contributed by atoms with Crippen LogP contribution in [0, 0.1) is 24.7 Å². The van der Waals surface area contributed by atoms with Gasteiger partial charge in [-0.1, -0.05) is 96.1 Å². The van der Waals surface area contributed by atoms with Crippen molar-refractivity contribution in [3.63, 3.8) is 0 Å². The third-order valence-electron chi connectivity index (χ3n) is 14.7. The predicted molar refractivity (Wildman–Crippen MR) is 316 cm³/mol. The summed E-state index contributed by atoms with van der Waals surface area (Å²) in [7, 11) is 0. The quantitative estimate of drug-likeness (QED) is 0.0537. The lowest BCUT2D eigenvalue weighted by Gasteiger charge is -2.37. The fraction of sp³-hybridized carbons (Fsp3) is 0.468. The number of pyridine rings is 1. The molecule has 2 fully saturated rings. The molecule has 5 heterocycles. The Labute approximate surface area is 474 Å². The van der Waals surface area contributed by atoms with Crippen molar-refractivity contribution in [3.8, 4) is 32.8 Å². The van der Waals surface area contributed by atoms with Gasteiger partial charge < -0.3 is 41.0 Å². The molecule has 8 rings (SSSR count). The molecule has 0 unspecified atom stereocenters. The number of ether oxygens (including phenoxy) is 1. The molecule has 5 amide bonds. The Morgan fingerprint density at radius 1 is 0.800 bits per heavy atom. The number of H-pyrrole nitrogens is 1. The van der Waals surface area contributed by atoms with E-state index in [0.717, 1.165) is 80.3 Å². The molecule has 6 N–H and O–H groups in total. The first kappa shape index (κ1) is 59.1. The van der Waals surface area contributed by atoms with Gasteiger partial charge in [-0.15, -0.1) is 11.3 Å². The van der Waals surface area contributed by atoms with E-state index < -0.39 is 41.3 Å². The zero-order valence-electron chi connectivity index (χ0n) is 48.5. The number of nitrogens with one attached hydrogen (secondary N) is 5. The number of aryl methyl sites for hydroxylation is 2. The number of aromatic amines is 1. The average molecular weight is 1110 g/mol. The van der Waals surface area contributed by atoms with Crippen LogP contribution in [0.1, 0.15) is 111 Å². The van der Waals surface area contributed by atoms with Gasteiger partial charge >= 0.3 is 6.09 Å². The maximum absolute atomic E-state index is 14.3. The minimum atomic E-state index is -0.914. The second-order valence-corrected chi connectivity index (χ2v) is 25.8. The molecule has 3 aromatic carbocycles. The van der Waals surface area contributed by atoms with Crippen molar-refractivity contribution < 1.29 is 33.8 Å². The number of piperazine rings is 1. The van der Waals surface area contributed by atoms with Crippen molar-refractivity contribution in [1.82, 2.24) is 45.6 Å². The number of thiazole rings is 1. The van der Waals surface area contributed by atoms with Gasteiger partial charge in [-0.3, -0.25) is 29.0 Å². The summed E-state index contributed by atoms with van der Waals surface area (Å²) < 4.78 is 5.46. The first-order valence-electron chi connectivity index (χ1n) is 27.7. The van der Waals surface area contributed by atoms with Crippen LogP contribution in [-0.2, 0) is 30.5 Å². The molecule has 5 atom stereocenters. The topological polar surface area (TPSA) is 214 Å². The molecule has 2 aliphatic heterocycles. The maximum Gasteiger partial charge on any atom is 0.408 e.